The van der Waals surface area contributed by atoms with Crippen LogP contribution in [0.4, 0.5) is 5.69 Å². The number of rotatable bonds is 4. The molecule has 1 aliphatic heterocycles. The Balaban J connectivity index is 1.90. The topological polar surface area (TPSA) is 88.1 Å². The fraction of sp³-hybridized carbons (Fsp3) is 0.500. The minimum absolute atomic E-state index is 0.206. The number of aromatic nitrogens is 4. The van der Waals surface area contributed by atoms with Gasteiger partial charge < -0.3 is 15.2 Å². The first-order chi connectivity index (χ1) is 10.1. The van der Waals surface area contributed by atoms with Crippen LogP contribution in [0.5, 0.6) is 5.75 Å². The summed E-state index contributed by atoms with van der Waals surface area (Å²) in [4.78, 5) is 0. The zero-order valence-electron chi connectivity index (χ0n) is 12.2. The van der Waals surface area contributed by atoms with Gasteiger partial charge in [-0.05, 0) is 48.4 Å². The lowest BCUT2D eigenvalue weighted by Crippen LogP contribution is -2.30. The van der Waals surface area contributed by atoms with Gasteiger partial charge in [-0.3, -0.25) is 0 Å². The maximum absolute atomic E-state index is 5.95. The lowest BCUT2D eigenvalue weighted by molar-refractivity contribution is 0.00355. The van der Waals surface area contributed by atoms with Crippen molar-refractivity contribution in [3.8, 4) is 17.1 Å². The van der Waals surface area contributed by atoms with Crippen LogP contribution < -0.4 is 10.5 Å². The second-order valence-corrected chi connectivity index (χ2v) is 5.52. The number of anilines is 1. The van der Waals surface area contributed by atoms with Crippen molar-refractivity contribution in [1.29, 1.82) is 0 Å². The number of nitrogens with two attached hydrogens (primary N) is 1. The molecule has 0 amide bonds. The number of nitrogens with zero attached hydrogens (tertiary/aromatic N) is 4. The largest absolute Gasteiger partial charge is 0.495 e. The summed E-state index contributed by atoms with van der Waals surface area (Å²) in [6.45, 7) is 3.51. The molecular formula is C14H19N5O2. The first-order valence-electron chi connectivity index (χ1n) is 6.95. The predicted octanol–water partition coefficient (Wildman–Crippen LogP) is 1.50. The molecule has 1 saturated heterocycles. The van der Waals surface area contributed by atoms with E-state index in [1.807, 2.05) is 18.2 Å². The number of nitrogen functional groups attached to an aromatic ring is 1. The van der Waals surface area contributed by atoms with Gasteiger partial charge in [0.05, 0.1) is 24.9 Å². The molecule has 2 heterocycles. The fourth-order valence-electron chi connectivity index (χ4n) is 2.67. The summed E-state index contributed by atoms with van der Waals surface area (Å²) in [5.41, 5.74) is 7.17. The van der Waals surface area contributed by atoms with E-state index in [1.54, 1.807) is 11.8 Å². The number of benzene rings is 1. The van der Waals surface area contributed by atoms with Crippen molar-refractivity contribution >= 4 is 5.69 Å². The van der Waals surface area contributed by atoms with Crippen molar-refractivity contribution in [2.45, 2.75) is 31.9 Å². The molecule has 1 aliphatic rings. The second-order valence-electron chi connectivity index (χ2n) is 5.52. The van der Waals surface area contributed by atoms with Crippen LogP contribution in [-0.4, -0.2) is 39.5 Å². The molecule has 0 bridgehead atoms. The van der Waals surface area contributed by atoms with Crippen molar-refractivity contribution < 1.29 is 9.47 Å². The summed E-state index contributed by atoms with van der Waals surface area (Å²) in [5.74, 6) is 1.32. The maximum atomic E-state index is 5.95. The number of hydrogen-bond acceptors (Lipinski definition) is 6. The molecule has 1 aromatic heterocycles. The van der Waals surface area contributed by atoms with E-state index < -0.39 is 0 Å². The van der Waals surface area contributed by atoms with E-state index in [0.717, 1.165) is 25.0 Å². The Morgan fingerprint density at radius 1 is 1.48 bits per heavy atom. The molecule has 1 unspecified atom stereocenters. The highest BCUT2D eigenvalue weighted by Gasteiger charge is 2.31. The smallest absolute Gasteiger partial charge is 0.182 e. The summed E-state index contributed by atoms with van der Waals surface area (Å²) in [5, 5.41) is 12.0. The van der Waals surface area contributed by atoms with E-state index in [-0.39, 0.29) is 5.60 Å². The highest BCUT2D eigenvalue weighted by molar-refractivity contribution is 5.66. The second kappa shape index (κ2) is 5.33. The minimum atomic E-state index is -0.206. The van der Waals surface area contributed by atoms with Crippen molar-refractivity contribution in [3.05, 3.63) is 18.2 Å². The van der Waals surface area contributed by atoms with Gasteiger partial charge in [-0.1, -0.05) is 0 Å². The van der Waals surface area contributed by atoms with Crippen molar-refractivity contribution in [2.24, 2.45) is 0 Å². The third-order valence-electron chi connectivity index (χ3n) is 3.80. The minimum Gasteiger partial charge on any atom is -0.495 e. The summed E-state index contributed by atoms with van der Waals surface area (Å²) >= 11 is 0. The van der Waals surface area contributed by atoms with Gasteiger partial charge in [-0.15, -0.1) is 5.10 Å². The van der Waals surface area contributed by atoms with Crippen LogP contribution in [0, 0.1) is 0 Å². The molecule has 1 aromatic carbocycles. The first-order valence-corrected chi connectivity index (χ1v) is 6.95. The number of tetrazole rings is 1. The molecule has 21 heavy (non-hydrogen) atoms. The molecule has 112 valence electrons. The number of hydrogen-bond donors (Lipinski definition) is 1. The summed E-state index contributed by atoms with van der Waals surface area (Å²) in [7, 11) is 1.59. The third kappa shape index (κ3) is 2.69. The molecule has 2 aromatic rings. The summed E-state index contributed by atoms with van der Waals surface area (Å²) in [6, 6.07) is 5.53. The van der Waals surface area contributed by atoms with E-state index in [1.165, 1.54) is 0 Å². The SMILES string of the molecule is COc1ccc(-c2nnnn2CC2(C)CCCO2)cc1N. The number of methoxy groups -OCH3 is 1. The quantitative estimate of drug-likeness (QED) is 0.858. The molecule has 0 aliphatic carbocycles. The van der Waals surface area contributed by atoms with Gasteiger partial charge in [0.1, 0.15) is 5.75 Å². The van der Waals surface area contributed by atoms with Gasteiger partial charge >= 0.3 is 0 Å². The molecule has 3 rings (SSSR count). The van der Waals surface area contributed by atoms with E-state index in [0.29, 0.717) is 23.8 Å². The predicted molar refractivity (Wildman–Crippen MR) is 77.8 cm³/mol. The molecular weight excluding hydrogens is 270 g/mol. The number of ether oxygens (including phenoxy) is 2. The monoisotopic (exact) mass is 289 g/mol. The third-order valence-corrected chi connectivity index (χ3v) is 3.80. The molecule has 2 N–H and O–H groups in total. The highest BCUT2D eigenvalue weighted by atomic mass is 16.5. The van der Waals surface area contributed by atoms with Gasteiger partial charge in [-0.2, -0.15) is 0 Å². The van der Waals surface area contributed by atoms with Crippen LogP contribution in [0.2, 0.25) is 0 Å². The average Bonchev–Trinajstić information content (AvgIpc) is 3.08. The van der Waals surface area contributed by atoms with E-state index in [4.69, 9.17) is 15.2 Å². The molecule has 0 saturated carbocycles. The normalized spacial score (nSPS) is 21.6. The molecule has 0 radical (unpaired) electrons. The van der Waals surface area contributed by atoms with Crippen LogP contribution in [0.15, 0.2) is 18.2 Å². The van der Waals surface area contributed by atoms with Gasteiger partial charge in [0.25, 0.3) is 0 Å². The van der Waals surface area contributed by atoms with Gasteiger partial charge in [0.2, 0.25) is 0 Å². The van der Waals surface area contributed by atoms with Gasteiger partial charge in [0, 0.05) is 12.2 Å². The Bertz CT molecular complexity index is 634. The Kier molecular flexibility index (Phi) is 3.50. The van der Waals surface area contributed by atoms with E-state index in [9.17, 15) is 0 Å². The van der Waals surface area contributed by atoms with Crippen LogP contribution in [0.3, 0.4) is 0 Å². The van der Waals surface area contributed by atoms with Crippen molar-refractivity contribution in [2.75, 3.05) is 19.5 Å². The maximum Gasteiger partial charge on any atom is 0.182 e. The van der Waals surface area contributed by atoms with Crippen LogP contribution in [0.1, 0.15) is 19.8 Å². The van der Waals surface area contributed by atoms with Crippen molar-refractivity contribution in [3.63, 3.8) is 0 Å². The lowest BCUT2D eigenvalue weighted by Gasteiger charge is -2.23. The first kappa shape index (κ1) is 13.8. The van der Waals surface area contributed by atoms with Crippen LogP contribution in [0.25, 0.3) is 11.4 Å². The fourth-order valence-corrected chi connectivity index (χ4v) is 2.67. The lowest BCUT2D eigenvalue weighted by atomic mass is 10.0. The molecule has 1 fully saturated rings. The van der Waals surface area contributed by atoms with Crippen molar-refractivity contribution in [1.82, 2.24) is 20.2 Å². The van der Waals surface area contributed by atoms with E-state index in [2.05, 4.69) is 22.4 Å². The van der Waals surface area contributed by atoms with Gasteiger partial charge in [-0.25, -0.2) is 4.68 Å². The van der Waals surface area contributed by atoms with Crippen LogP contribution in [-0.2, 0) is 11.3 Å². The zero-order valence-corrected chi connectivity index (χ0v) is 12.2. The Morgan fingerprint density at radius 2 is 2.33 bits per heavy atom. The Hall–Kier alpha value is -2.15. The summed E-state index contributed by atoms with van der Waals surface area (Å²) < 4.78 is 12.7. The molecule has 1 atom stereocenters. The van der Waals surface area contributed by atoms with Gasteiger partial charge in [0.15, 0.2) is 5.82 Å². The molecule has 7 nitrogen and oxygen atoms in total. The van der Waals surface area contributed by atoms with Crippen LogP contribution >= 0.6 is 0 Å². The average molecular weight is 289 g/mol. The van der Waals surface area contributed by atoms with E-state index >= 15 is 0 Å². The molecule has 0 spiro atoms. The highest BCUT2D eigenvalue weighted by Crippen LogP contribution is 2.30. The summed E-state index contributed by atoms with van der Waals surface area (Å²) in [6.07, 6.45) is 2.08. The standard InChI is InChI=1S/C14H19N5O2/c1-14(6-3-7-21-14)9-19-13(16-17-18-19)10-4-5-12(20-2)11(15)8-10/h4-5,8H,3,6-7,9,15H2,1-2H3. The Labute approximate surface area is 123 Å². The Morgan fingerprint density at radius 3 is 3.00 bits per heavy atom. The zero-order chi connectivity index (χ0) is 14.9. The molecule has 7 heteroatoms.